The van der Waals surface area contributed by atoms with Gasteiger partial charge < -0.3 is 5.11 Å². The van der Waals surface area contributed by atoms with E-state index in [4.69, 9.17) is 23.2 Å². The number of anilines is 2. The number of hydrogen-bond donors (Lipinski definition) is 1. The number of rotatable bonds is 4. The third-order valence-corrected chi connectivity index (χ3v) is 10.9. The molecule has 2 heterocycles. The normalized spacial score (nSPS) is 31.0. The number of carbonyl (C=O) groups is 4. The Balaban J connectivity index is 1.37. The van der Waals surface area contributed by atoms with E-state index in [1.54, 1.807) is 42.5 Å². The molecule has 1 saturated carbocycles. The number of alkyl halides is 2. The minimum atomic E-state index is -2.03. The highest BCUT2D eigenvalue weighted by Gasteiger charge is 2.76. The molecule has 4 aliphatic rings. The van der Waals surface area contributed by atoms with Crippen LogP contribution in [0.25, 0.3) is 6.08 Å². The molecule has 2 saturated heterocycles. The fourth-order valence-corrected chi connectivity index (χ4v) is 8.39. The highest BCUT2D eigenvalue weighted by atomic mass is 35.5. The number of carbonyl (C=O) groups excluding carboxylic acids is 4. The second-order valence-corrected chi connectivity index (χ2v) is 12.9. The predicted molar refractivity (Wildman–Crippen MR) is 164 cm³/mol. The molecule has 3 fully saturated rings. The third-order valence-electron chi connectivity index (χ3n) is 9.51. The fraction of sp³-hybridized carbons (Fsp3) is 0.235. The average Bonchev–Trinajstić information content (AvgIpc) is 3.36. The number of benzene rings is 3. The van der Waals surface area contributed by atoms with E-state index < -0.39 is 57.0 Å². The van der Waals surface area contributed by atoms with Crippen molar-refractivity contribution >= 4 is 64.3 Å². The van der Waals surface area contributed by atoms with Gasteiger partial charge in [-0.2, -0.15) is 0 Å². The first-order chi connectivity index (χ1) is 21.0. The molecule has 2 aliphatic carbocycles. The Hall–Kier alpha value is -4.27. The molecule has 0 radical (unpaired) electrons. The predicted octanol–water partition coefficient (Wildman–Crippen LogP) is 5.94. The van der Waals surface area contributed by atoms with Gasteiger partial charge in [0.05, 0.1) is 23.2 Å². The van der Waals surface area contributed by atoms with Gasteiger partial charge in [-0.05, 0) is 78.4 Å². The zero-order valence-corrected chi connectivity index (χ0v) is 24.6. The van der Waals surface area contributed by atoms with E-state index >= 15 is 0 Å². The van der Waals surface area contributed by atoms with Crippen molar-refractivity contribution in [3.8, 4) is 5.75 Å². The summed E-state index contributed by atoms with van der Waals surface area (Å²) >= 11 is 14.6. The number of allylic oxidation sites excluding steroid dienone is 2. The lowest BCUT2D eigenvalue weighted by Gasteiger charge is -2.50. The molecule has 6 atom stereocenters. The number of amides is 4. The summed E-state index contributed by atoms with van der Waals surface area (Å²) in [5.41, 5.74) is 2.50. The number of hydrogen-bond acceptors (Lipinski definition) is 5. The number of phenolic OH excluding ortho intramolecular Hbond substituents is 1. The van der Waals surface area contributed by atoms with Crippen LogP contribution >= 0.6 is 23.2 Å². The van der Waals surface area contributed by atoms with E-state index in [1.165, 1.54) is 29.2 Å². The number of imide groups is 2. The molecule has 0 bridgehead atoms. The van der Waals surface area contributed by atoms with Crippen LogP contribution in [-0.4, -0.2) is 38.5 Å². The van der Waals surface area contributed by atoms with Gasteiger partial charge in [-0.15, -0.1) is 23.2 Å². The van der Waals surface area contributed by atoms with Gasteiger partial charge in [0, 0.05) is 5.92 Å². The Bertz CT molecular complexity index is 1790. The van der Waals surface area contributed by atoms with Crippen LogP contribution in [-0.2, 0) is 19.2 Å². The number of fused-ring (bicyclic) bond motifs is 4. The van der Waals surface area contributed by atoms with Crippen molar-refractivity contribution < 1.29 is 28.7 Å². The van der Waals surface area contributed by atoms with Gasteiger partial charge in [0.25, 0.3) is 11.8 Å². The van der Waals surface area contributed by atoms with E-state index in [-0.39, 0.29) is 30.2 Å². The summed E-state index contributed by atoms with van der Waals surface area (Å²) in [4.78, 5) is 54.4. The highest BCUT2D eigenvalue weighted by molar-refractivity contribution is 6.58. The molecule has 0 unspecified atom stereocenters. The second kappa shape index (κ2) is 9.87. The standard InChI is InChI=1S/C34H25Cl2FN2O5/c1-2-18-3-9-21(10-4-18)38-29(41)25-16-15-24-26(27(25)30(38)42)17-33(35)31(43)39(22-11-7-20(37)8-12-22)32(44)34(33,36)28(24)19-5-13-23(40)14-6-19/h2-15,25-28,40H,1,16-17H2/t25-,26+,27-,28-,33+,34-/m0/s1. The van der Waals surface area contributed by atoms with E-state index in [2.05, 4.69) is 6.58 Å². The minimum Gasteiger partial charge on any atom is -0.508 e. The summed E-state index contributed by atoms with van der Waals surface area (Å²) in [5.74, 6) is -6.12. The largest absolute Gasteiger partial charge is 0.508 e. The molecular weight excluding hydrogens is 606 g/mol. The van der Waals surface area contributed by atoms with Gasteiger partial charge in [0.1, 0.15) is 11.6 Å². The molecule has 2 aliphatic heterocycles. The summed E-state index contributed by atoms with van der Waals surface area (Å²) in [6.45, 7) is 3.74. The molecule has 7 rings (SSSR count). The van der Waals surface area contributed by atoms with Gasteiger partial charge in [0.15, 0.2) is 9.75 Å². The molecule has 222 valence electrons. The topological polar surface area (TPSA) is 95.0 Å². The number of phenols is 1. The molecule has 3 aromatic carbocycles. The lowest BCUT2D eigenvalue weighted by atomic mass is 9.56. The van der Waals surface area contributed by atoms with Crippen LogP contribution in [0.5, 0.6) is 5.75 Å². The summed E-state index contributed by atoms with van der Waals surface area (Å²) in [5, 5.41) is 10.0. The Morgan fingerprint density at radius 3 is 2.07 bits per heavy atom. The van der Waals surface area contributed by atoms with Crippen LogP contribution in [0.15, 0.2) is 91.0 Å². The zero-order valence-electron chi connectivity index (χ0n) is 23.1. The van der Waals surface area contributed by atoms with Gasteiger partial charge in [-0.3, -0.25) is 24.1 Å². The van der Waals surface area contributed by atoms with Crippen LogP contribution in [0, 0.1) is 23.6 Å². The second-order valence-electron chi connectivity index (χ2n) is 11.6. The maximum atomic E-state index is 14.3. The lowest BCUT2D eigenvalue weighted by molar-refractivity contribution is -0.125. The van der Waals surface area contributed by atoms with E-state index in [1.807, 2.05) is 6.08 Å². The maximum absolute atomic E-state index is 14.3. The molecule has 10 heteroatoms. The monoisotopic (exact) mass is 630 g/mol. The number of nitrogens with zero attached hydrogens (tertiary/aromatic N) is 2. The van der Waals surface area contributed by atoms with Crippen LogP contribution in [0.3, 0.4) is 0 Å². The molecular formula is C34H25Cl2FN2O5. The van der Waals surface area contributed by atoms with Gasteiger partial charge >= 0.3 is 0 Å². The van der Waals surface area contributed by atoms with Gasteiger partial charge in [-0.25, -0.2) is 9.29 Å². The minimum absolute atomic E-state index is 0.0176. The molecule has 44 heavy (non-hydrogen) atoms. The van der Waals surface area contributed by atoms with Gasteiger partial charge in [0.2, 0.25) is 11.8 Å². The quantitative estimate of drug-likeness (QED) is 0.219. The molecule has 0 spiro atoms. The summed E-state index contributed by atoms with van der Waals surface area (Å²) in [7, 11) is 0. The number of aromatic hydroxyl groups is 1. The Kier molecular flexibility index (Phi) is 6.39. The average molecular weight is 631 g/mol. The first kappa shape index (κ1) is 28.5. The summed E-state index contributed by atoms with van der Waals surface area (Å²) < 4.78 is 13.8. The lowest BCUT2D eigenvalue weighted by Crippen LogP contribution is -2.60. The maximum Gasteiger partial charge on any atom is 0.258 e. The molecule has 4 amide bonds. The van der Waals surface area contributed by atoms with E-state index in [0.717, 1.165) is 22.6 Å². The first-order valence-corrected chi connectivity index (χ1v) is 14.9. The Morgan fingerprint density at radius 2 is 1.43 bits per heavy atom. The van der Waals surface area contributed by atoms with Crippen molar-refractivity contribution in [2.45, 2.75) is 28.5 Å². The van der Waals surface area contributed by atoms with Crippen molar-refractivity contribution in [1.82, 2.24) is 0 Å². The van der Waals surface area contributed by atoms with Crippen LogP contribution < -0.4 is 9.80 Å². The fourth-order valence-electron chi connectivity index (χ4n) is 7.45. The van der Waals surface area contributed by atoms with Crippen molar-refractivity contribution in [2.24, 2.45) is 17.8 Å². The smallest absolute Gasteiger partial charge is 0.258 e. The van der Waals surface area contributed by atoms with Crippen molar-refractivity contribution in [2.75, 3.05) is 9.80 Å². The molecule has 0 aromatic heterocycles. The Morgan fingerprint density at radius 1 is 0.818 bits per heavy atom. The number of halogens is 3. The van der Waals surface area contributed by atoms with Gasteiger partial charge in [-0.1, -0.05) is 48.6 Å². The molecule has 1 N–H and O–H groups in total. The Labute approximate surface area is 262 Å². The SMILES string of the molecule is C=Cc1ccc(N2C(=O)[C@H]3[C@H](CC=C4[C@H]3C[C@@]3(Cl)C(=O)N(c5ccc(F)cc5)C(=O)[C@@]3(Cl)[C@H]4c3ccc(O)cc3)C2=O)cc1. The van der Waals surface area contributed by atoms with Crippen LogP contribution in [0.1, 0.15) is 29.9 Å². The first-order valence-electron chi connectivity index (χ1n) is 14.1. The van der Waals surface area contributed by atoms with Crippen molar-refractivity contribution in [1.29, 1.82) is 0 Å². The van der Waals surface area contributed by atoms with Crippen molar-refractivity contribution in [3.05, 3.63) is 108 Å². The zero-order chi connectivity index (χ0) is 31.1. The molecule has 3 aromatic rings. The highest BCUT2D eigenvalue weighted by Crippen LogP contribution is 2.65. The van der Waals surface area contributed by atoms with Crippen LogP contribution in [0.2, 0.25) is 0 Å². The molecule has 7 nitrogen and oxygen atoms in total. The summed E-state index contributed by atoms with van der Waals surface area (Å²) in [6, 6.07) is 17.8. The summed E-state index contributed by atoms with van der Waals surface area (Å²) in [6.07, 6.45) is 3.55. The van der Waals surface area contributed by atoms with E-state index in [0.29, 0.717) is 16.8 Å². The van der Waals surface area contributed by atoms with E-state index in [9.17, 15) is 28.7 Å². The third kappa shape index (κ3) is 3.74. The van der Waals surface area contributed by atoms with Crippen molar-refractivity contribution in [3.63, 3.8) is 0 Å². The van der Waals surface area contributed by atoms with Crippen LogP contribution in [0.4, 0.5) is 15.8 Å².